The summed E-state index contributed by atoms with van der Waals surface area (Å²) in [5, 5.41) is 7.66. The zero-order chi connectivity index (χ0) is 13.8. The summed E-state index contributed by atoms with van der Waals surface area (Å²) < 4.78 is 6.26. The highest BCUT2D eigenvalue weighted by molar-refractivity contribution is 6.31. The van der Waals surface area contributed by atoms with Gasteiger partial charge in [0.2, 0.25) is 0 Å². The molecule has 0 radical (unpaired) electrons. The van der Waals surface area contributed by atoms with Crippen LogP contribution in [0.3, 0.4) is 0 Å². The summed E-state index contributed by atoms with van der Waals surface area (Å²) in [5.41, 5.74) is 1.42. The monoisotopic (exact) mass is 280 g/mol. The van der Waals surface area contributed by atoms with E-state index in [1.807, 2.05) is 0 Å². The van der Waals surface area contributed by atoms with Crippen LogP contribution in [0.4, 0.5) is 5.69 Å². The topological polar surface area (TPSA) is 69.0 Å². The molecule has 0 bridgehead atoms. The summed E-state index contributed by atoms with van der Waals surface area (Å²) in [6, 6.07) is 4.76. The first kappa shape index (κ1) is 13.4. The molecule has 1 heterocycles. The van der Waals surface area contributed by atoms with E-state index in [-0.39, 0.29) is 5.97 Å². The van der Waals surface area contributed by atoms with Crippen molar-refractivity contribution in [3.05, 3.63) is 35.9 Å². The molecule has 0 spiro atoms. The first-order valence-corrected chi connectivity index (χ1v) is 5.98. The number of hydrogen-bond donors (Lipinski definition) is 1. The van der Waals surface area contributed by atoms with E-state index in [0.717, 1.165) is 5.69 Å². The molecule has 1 atom stereocenters. The number of nitrogens with one attached hydrogen (secondary N) is 1. The van der Waals surface area contributed by atoms with E-state index in [0.29, 0.717) is 10.7 Å². The average molecular weight is 281 g/mol. The Morgan fingerprint density at radius 2 is 2.32 bits per heavy atom. The van der Waals surface area contributed by atoms with Crippen LogP contribution in [0.15, 0.2) is 30.9 Å². The Kier molecular flexibility index (Phi) is 4.01. The van der Waals surface area contributed by atoms with Crippen molar-refractivity contribution in [3.63, 3.8) is 0 Å². The van der Waals surface area contributed by atoms with Crippen LogP contribution in [-0.2, 0) is 9.53 Å². The predicted octanol–water partition coefficient (Wildman–Crippen LogP) is 1.89. The molecule has 2 aromatic rings. The third-order valence-corrected chi connectivity index (χ3v) is 2.79. The number of methoxy groups -OCH3 is 1. The van der Waals surface area contributed by atoms with Crippen LogP contribution < -0.4 is 5.32 Å². The largest absolute Gasteiger partial charge is 0.467 e. The molecule has 6 nitrogen and oxygen atoms in total. The van der Waals surface area contributed by atoms with E-state index >= 15 is 0 Å². The molecule has 1 aromatic heterocycles. The van der Waals surface area contributed by atoms with E-state index in [4.69, 9.17) is 11.6 Å². The maximum absolute atomic E-state index is 11.4. The van der Waals surface area contributed by atoms with Crippen LogP contribution in [0.5, 0.6) is 0 Å². The summed E-state index contributed by atoms with van der Waals surface area (Å²) in [6.45, 7) is 1.71. The molecule has 1 unspecified atom stereocenters. The van der Waals surface area contributed by atoms with Gasteiger partial charge in [0.15, 0.2) is 0 Å². The fraction of sp³-hybridized carbons (Fsp3) is 0.250. The Morgan fingerprint density at radius 3 is 2.95 bits per heavy atom. The summed E-state index contributed by atoms with van der Waals surface area (Å²) in [6.07, 6.45) is 3.00. The van der Waals surface area contributed by atoms with Gasteiger partial charge >= 0.3 is 5.97 Å². The van der Waals surface area contributed by atoms with Crippen LogP contribution in [0.2, 0.25) is 5.02 Å². The zero-order valence-electron chi connectivity index (χ0n) is 10.5. The molecule has 0 aliphatic rings. The lowest BCUT2D eigenvalue weighted by Crippen LogP contribution is -2.27. The fourth-order valence-corrected chi connectivity index (χ4v) is 1.80. The Labute approximate surface area is 115 Å². The molecule has 1 N–H and O–H groups in total. The summed E-state index contributed by atoms with van der Waals surface area (Å²) in [5.74, 6) is -0.357. The molecule has 100 valence electrons. The molecule has 0 amide bonds. The van der Waals surface area contributed by atoms with Gasteiger partial charge in [-0.1, -0.05) is 11.6 Å². The molecule has 0 aliphatic heterocycles. The normalized spacial score (nSPS) is 11.9. The number of hydrogen-bond acceptors (Lipinski definition) is 5. The molecule has 1 aromatic carbocycles. The predicted molar refractivity (Wildman–Crippen MR) is 71.5 cm³/mol. The molecule has 0 fully saturated rings. The van der Waals surface area contributed by atoms with Gasteiger partial charge in [-0.05, 0) is 25.1 Å². The number of anilines is 1. The van der Waals surface area contributed by atoms with Crippen molar-refractivity contribution in [1.82, 2.24) is 14.8 Å². The Morgan fingerprint density at radius 1 is 1.53 bits per heavy atom. The number of carbonyl (C=O) groups is 1. The number of nitrogens with zero attached hydrogens (tertiary/aromatic N) is 3. The minimum atomic E-state index is -0.495. The van der Waals surface area contributed by atoms with Gasteiger partial charge in [-0.15, -0.1) is 0 Å². The molecule has 0 saturated heterocycles. The molecule has 0 saturated carbocycles. The summed E-state index contributed by atoms with van der Waals surface area (Å²) >= 11 is 5.97. The number of benzene rings is 1. The lowest BCUT2D eigenvalue weighted by Gasteiger charge is -2.16. The summed E-state index contributed by atoms with van der Waals surface area (Å²) in [7, 11) is 1.34. The second-order valence-electron chi connectivity index (χ2n) is 3.89. The van der Waals surface area contributed by atoms with Gasteiger partial charge in [0.05, 0.1) is 18.5 Å². The zero-order valence-corrected chi connectivity index (χ0v) is 11.3. The quantitative estimate of drug-likeness (QED) is 0.866. The van der Waals surface area contributed by atoms with Gasteiger partial charge in [0.25, 0.3) is 0 Å². The first-order valence-electron chi connectivity index (χ1n) is 5.60. The molecular weight excluding hydrogens is 268 g/mol. The highest BCUT2D eigenvalue weighted by Crippen LogP contribution is 2.24. The van der Waals surface area contributed by atoms with Crippen LogP contribution in [0.25, 0.3) is 5.69 Å². The smallest absolute Gasteiger partial charge is 0.327 e. The minimum Gasteiger partial charge on any atom is -0.467 e. The Bertz CT molecular complexity index is 571. The van der Waals surface area contributed by atoms with E-state index in [2.05, 4.69) is 20.1 Å². The maximum Gasteiger partial charge on any atom is 0.327 e. The standard InChI is InChI=1S/C12H13ClN4O2/c1-8(12(18)19-2)16-10-5-9(13)3-4-11(10)17-7-14-6-15-17/h3-8,16H,1-2H3. The van der Waals surface area contributed by atoms with Crippen molar-refractivity contribution in [2.45, 2.75) is 13.0 Å². The van der Waals surface area contributed by atoms with Crippen molar-refractivity contribution >= 4 is 23.3 Å². The van der Waals surface area contributed by atoms with E-state index in [9.17, 15) is 4.79 Å². The van der Waals surface area contributed by atoms with Crippen molar-refractivity contribution in [2.75, 3.05) is 12.4 Å². The molecule has 7 heteroatoms. The second-order valence-corrected chi connectivity index (χ2v) is 4.33. The van der Waals surface area contributed by atoms with Gasteiger partial charge in [-0.25, -0.2) is 14.5 Å². The highest BCUT2D eigenvalue weighted by atomic mass is 35.5. The lowest BCUT2D eigenvalue weighted by atomic mass is 10.2. The number of ether oxygens (including phenoxy) is 1. The van der Waals surface area contributed by atoms with Gasteiger partial charge in [-0.2, -0.15) is 5.10 Å². The van der Waals surface area contributed by atoms with Crippen LogP contribution in [0, 0.1) is 0 Å². The third-order valence-electron chi connectivity index (χ3n) is 2.55. The van der Waals surface area contributed by atoms with E-state index < -0.39 is 6.04 Å². The van der Waals surface area contributed by atoms with Crippen molar-refractivity contribution < 1.29 is 9.53 Å². The number of esters is 1. The van der Waals surface area contributed by atoms with Gasteiger partial charge in [-0.3, -0.25) is 0 Å². The van der Waals surface area contributed by atoms with Crippen molar-refractivity contribution in [3.8, 4) is 5.69 Å². The highest BCUT2D eigenvalue weighted by Gasteiger charge is 2.15. The van der Waals surface area contributed by atoms with Gasteiger partial charge < -0.3 is 10.1 Å². The molecule has 2 rings (SSSR count). The molecule has 19 heavy (non-hydrogen) atoms. The SMILES string of the molecule is COC(=O)C(C)Nc1cc(Cl)ccc1-n1cncn1. The maximum atomic E-state index is 11.4. The van der Waals surface area contributed by atoms with Crippen molar-refractivity contribution in [2.24, 2.45) is 0 Å². The average Bonchev–Trinajstić information content (AvgIpc) is 2.91. The Balaban J connectivity index is 2.33. The third kappa shape index (κ3) is 3.03. The molecule has 0 aliphatic carbocycles. The first-order chi connectivity index (χ1) is 9.11. The minimum absolute atomic E-state index is 0.357. The summed E-state index contributed by atoms with van der Waals surface area (Å²) in [4.78, 5) is 15.3. The van der Waals surface area contributed by atoms with E-state index in [1.165, 1.54) is 13.4 Å². The number of halogens is 1. The van der Waals surface area contributed by atoms with Crippen LogP contribution >= 0.6 is 11.6 Å². The van der Waals surface area contributed by atoms with Gasteiger partial charge in [0.1, 0.15) is 18.7 Å². The number of rotatable bonds is 4. The van der Waals surface area contributed by atoms with Crippen molar-refractivity contribution in [1.29, 1.82) is 0 Å². The second kappa shape index (κ2) is 5.71. The Hall–Kier alpha value is -2.08. The van der Waals surface area contributed by atoms with Crippen LogP contribution in [-0.4, -0.2) is 33.9 Å². The lowest BCUT2D eigenvalue weighted by molar-refractivity contribution is -0.141. The number of carbonyl (C=O) groups excluding carboxylic acids is 1. The van der Waals surface area contributed by atoms with Crippen LogP contribution in [0.1, 0.15) is 6.92 Å². The molecular formula is C12H13ClN4O2. The van der Waals surface area contributed by atoms with E-state index in [1.54, 1.807) is 36.1 Å². The fourth-order valence-electron chi connectivity index (χ4n) is 1.63. The van der Waals surface area contributed by atoms with Gasteiger partial charge in [0, 0.05) is 5.02 Å². The number of aromatic nitrogens is 3.